The van der Waals surface area contributed by atoms with E-state index < -0.39 is 33.7 Å². The molecule has 2 aromatic rings. The number of pyridine rings is 1. The number of alkyl halides is 3. The Labute approximate surface area is 230 Å². The van der Waals surface area contributed by atoms with E-state index in [4.69, 9.17) is 4.74 Å². The Hall–Kier alpha value is -2.94. The van der Waals surface area contributed by atoms with Crippen molar-refractivity contribution in [1.82, 2.24) is 19.5 Å². The zero-order chi connectivity index (χ0) is 27.5. The van der Waals surface area contributed by atoms with Crippen LogP contribution in [0.2, 0.25) is 0 Å². The van der Waals surface area contributed by atoms with Crippen molar-refractivity contribution in [3.05, 3.63) is 53.7 Å². The van der Waals surface area contributed by atoms with Gasteiger partial charge in [-0.3, -0.25) is 9.59 Å². The Morgan fingerprint density at radius 2 is 1.72 bits per heavy atom. The van der Waals surface area contributed by atoms with Gasteiger partial charge in [0, 0.05) is 52.4 Å². The van der Waals surface area contributed by atoms with Crippen LogP contribution in [0.25, 0.3) is 0 Å². The molecule has 0 saturated carbocycles. The summed E-state index contributed by atoms with van der Waals surface area (Å²) >= 11 is 0. The molecule has 15 heteroatoms. The molecule has 2 aliphatic heterocycles. The Bertz CT molecular complexity index is 1260. The molecule has 0 radical (unpaired) electrons. The van der Waals surface area contributed by atoms with Gasteiger partial charge in [0.1, 0.15) is 16.8 Å². The first-order chi connectivity index (χ1) is 18.0. The lowest BCUT2D eigenvalue weighted by atomic mass is 10.1. The number of carbonyl (C=O) groups is 2. The van der Waals surface area contributed by atoms with E-state index in [0.717, 1.165) is 16.4 Å². The van der Waals surface area contributed by atoms with Gasteiger partial charge in [0.2, 0.25) is 21.8 Å². The van der Waals surface area contributed by atoms with Gasteiger partial charge in [-0.15, -0.1) is 12.4 Å². The van der Waals surface area contributed by atoms with E-state index in [9.17, 15) is 31.2 Å². The van der Waals surface area contributed by atoms with Gasteiger partial charge in [-0.1, -0.05) is 12.1 Å². The molecule has 214 valence electrons. The van der Waals surface area contributed by atoms with Crippen LogP contribution in [0.15, 0.2) is 47.5 Å². The number of carbonyl (C=O) groups excluding carboxylic acids is 2. The SMILES string of the molecule is CC(=O)N1CCN(S(=O)(=O)c2ccc(N3CCOCC3)nc2)C(C(=O)NCc2ccc(C(F)(F)F)cc2)C1.Cl. The molecular formula is C24H29ClF3N5O5S. The van der Waals surface area contributed by atoms with Gasteiger partial charge in [0.05, 0.1) is 18.8 Å². The first-order valence-electron chi connectivity index (χ1n) is 12.0. The van der Waals surface area contributed by atoms with Crippen LogP contribution in [-0.2, 0) is 37.1 Å². The number of aromatic nitrogens is 1. The van der Waals surface area contributed by atoms with E-state index in [1.54, 1.807) is 6.07 Å². The highest BCUT2D eigenvalue weighted by Gasteiger charge is 2.41. The number of nitrogens with zero attached hydrogens (tertiary/aromatic N) is 4. The Balaban J connectivity index is 0.00000420. The summed E-state index contributed by atoms with van der Waals surface area (Å²) in [6, 6.07) is 6.09. The summed E-state index contributed by atoms with van der Waals surface area (Å²) in [7, 11) is -4.15. The monoisotopic (exact) mass is 591 g/mol. The second kappa shape index (κ2) is 12.5. The first-order valence-corrected chi connectivity index (χ1v) is 13.4. The maximum Gasteiger partial charge on any atom is 0.416 e. The lowest BCUT2D eigenvalue weighted by Crippen LogP contribution is -2.61. The van der Waals surface area contributed by atoms with Crippen LogP contribution in [0.1, 0.15) is 18.1 Å². The summed E-state index contributed by atoms with van der Waals surface area (Å²) in [5.74, 6) is -0.365. The first kappa shape index (κ1) is 30.6. The molecule has 2 aliphatic rings. The van der Waals surface area contributed by atoms with Crippen LogP contribution >= 0.6 is 12.4 Å². The number of nitrogens with one attached hydrogen (secondary N) is 1. The average Bonchev–Trinajstić information content (AvgIpc) is 2.91. The van der Waals surface area contributed by atoms with E-state index >= 15 is 0 Å². The normalized spacial score (nSPS) is 18.8. The molecule has 1 unspecified atom stereocenters. The number of sulfonamides is 1. The number of piperazine rings is 1. The third-order valence-corrected chi connectivity index (χ3v) is 8.38. The fourth-order valence-electron chi connectivity index (χ4n) is 4.31. The van der Waals surface area contributed by atoms with Crippen molar-refractivity contribution in [3.8, 4) is 0 Å². The molecule has 2 amide bonds. The highest BCUT2D eigenvalue weighted by Crippen LogP contribution is 2.29. The minimum Gasteiger partial charge on any atom is -0.378 e. The molecule has 2 fully saturated rings. The predicted molar refractivity (Wildman–Crippen MR) is 138 cm³/mol. The Morgan fingerprint density at radius 3 is 2.28 bits per heavy atom. The fraction of sp³-hybridized carbons (Fsp3) is 0.458. The summed E-state index contributed by atoms with van der Waals surface area (Å²) in [4.78, 5) is 32.7. The van der Waals surface area contributed by atoms with Crippen molar-refractivity contribution in [2.45, 2.75) is 30.6 Å². The van der Waals surface area contributed by atoms with Crippen LogP contribution in [-0.4, -0.2) is 86.4 Å². The Morgan fingerprint density at radius 1 is 1.05 bits per heavy atom. The van der Waals surface area contributed by atoms with Crippen LogP contribution in [0.3, 0.4) is 0 Å². The topological polar surface area (TPSA) is 112 Å². The molecule has 0 spiro atoms. The molecule has 1 aromatic heterocycles. The van der Waals surface area contributed by atoms with Gasteiger partial charge in [-0.25, -0.2) is 13.4 Å². The van der Waals surface area contributed by atoms with E-state index in [0.29, 0.717) is 37.7 Å². The molecule has 10 nitrogen and oxygen atoms in total. The lowest BCUT2D eigenvalue weighted by Gasteiger charge is -2.39. The molecular weight excluding hydrogens is 563 g/mol. The number of amides is 2. The number of halogens is 4. The largest absolute Gasteiger partial charge is 0.416 e. The van der Waals surface area contributed by atoms with E-state index in [1.807, 2.05) is 4.90 Å². The van der Waals surface area contributed by atoms with Gasteiger partial charge in [-0.05, 0) is 29.8 Å². The molecule has 0 bridgehead atoms. The number of rotatable bonds is 6. The summed E-state index contributed by atoms with van der Waals surface area (Å²) in [6.07, 6.45) is -3.24. The van der Waals surface area contributed by atoms with E-state index in [1.165, 1.54) is 36.2 Å². The summed E-state index contributed by atoms with van der Waals surface area (Å²) < 4.78 is 71.9. The number of morpholine rings is 1. The second-order valence-corrected chi connectivity index (χ2v) is 10.9. The van der Waals surface area contributed by atoms with Crippen molar-refractivity contribution < 1.29 is 35.9 Å². The number of anilines is 1. The van der Waals surface area contributed by atoms with Crippen molar-refractivity contribution in [2.24, 2.45) is 0 Å². The van der Waals surface area contributed by atoms with Crippen LogP contribution in [0.4, 0.5) is 19.0 Å². The lowest BCUT2D eigenvalue weighted by molar-refractivity contribution is -0.138. The zero-order valence-electron chi connectivity index (χ0n) is 21.1. The number of ether oxygens (including phenoxy) is 1. The quantitative estimate of drug-likeness (QED) is 0.546. The van der Waals surface area contributed by atoms with Gasteiger partial charge in [0.25, 0.3) is 0 Å². The molecule has 0 aliphatic carbocycles. The van der Waals surface area contributed by atoms with Gasteiger partial charge in [0.15, 0.2) is 0 Å². The van der Waals surface area contributed by atoms with E-state index in [2.05, 4.69) is 10.3 Å². The van der Waals surface area contributed by atoms with Crippen LogP contribution < -0.4 is 10.2 Å². The molecule has 3 heterocycles. The predicted octanol–water partition coefficient (Wildman–Crippen LogP) is 1.90. The zero-order valence-corrected chi connectivity index (χ0v) is 22.7. The molecule has 2 saturated heterocycles. The summed E-state index contributed by atoms with van der Waals surface area (Å²) in [5, 5.41) is 2.59. The van der Waals surface area contributed by atoms with Crippen LogP contribution in [0.5, 0.6) is 0 Å². The van der Waals surface area contributed by atoms with Crippen molar-refractivity contribution >= 4 is 40.1 Å². The molecule has 39 heavy (non-hydrogen) atoms. The Kier molecular flexibility index (Phi) is 9.80. The minimum absolute atomic E-state index is 0. The maximum absolute atomic E-state index is 13.5. The third-order valence-electron chi connectivity index (χ3n) is 6.49. The average molecular weight is 592 g/mol. The number of hydrogen-bond donors (Lipinski definition) is 1. The van der Waals surface area contributed by atoms with Crippen molar-refractivity contribution in [2.75, 3.05) is 50.8 Å². The standard InChI is InChI=1S/C24H28F3N5O5S.ClH/c1-17(33)31-8-9-32(38(35,36)20-6-7-22(28-15-20)30-10-12-37-13-11-30)21(16-31)23(34)29-14-18-2-4-19(5-3-18)24(25,26)27;/h2-7,15,21H,8-14,16H2,1H3,(H,29,34);1H. The second-order valence-electron chi connectivity index (χ2n) is 8.96. The fourth-order valence-corrected chi connectivity index (χ4v) is 5.83. The molecule has 1 atom stereocenters. The third kappa shape index (κ3) is 7.18. The minimum atomic E-state index is -4.48. The van der Waals surface area contributed by atoms with Crippen LogP contribution in [0, 0.1) is 0 Å². The van der Waals surface area contributed by atoms with Crippen molar-refractivity contribution in [3.63, 3.8) is 0 Å². The molecule has 4 rings (SSSR count). The molecule has 1 N–H and O–H groups in total. The smallest absolute Gasteiger partial charge is 0.378 e. The highest BCUT2D eigenvalue weighted by atomic mass is 35.5. The van der Waals surface area contributed by atoms with Gasteiger partial charge >= 0.3 is 6.18 Å². The summed E-state index contributed by atoms with van der Waals surface area (Å²) in [5.41, 5.74) is -0.412. The van der Waals surface area contributed by atoms with E-state index in [-0.39, 0.29) is 49.4 Å². The molecule has 1 aromatic carbocycles. The van der Waals surface area contributed by atoms with Gasteiger partial charge < -0.3 is 19.9 Å². The van der Waals surface area contributed by atoms with Gasteiger partial charge in [-0.2, -0.15) is 17.5 Å². The highest BCUT2D eigenvalue weighted by molar-refractivity contribution is 7.89. The maximum atomic E-state index is 13.5. The summed E-state index contributed by atoms with van der Waals surface area (Å²) in [6.45, 7) is 3.42. The van der Waals surface area contributed by atoms with Crippen molar-refractivity contribution in [1.29, 1.82) is 0 Å². The number of hydrogen-bond acceptors (Lipinski definition) is 7. The number of benzene rings is 1.